The highest BCUT2D eigenvalue weighted by atomic mass is 16.2. The summed E-state index contributed by atoms with van der Waals surface area (Å²) < 4.78 is 2.29. The van der Waals surface area contributed by atoms with Crippen molar-refractivity contribution in [2.24, 2.45) is 0 Å². The van der Waals surface area contributed by atoms with Crippen LogP contribution in [0.4, 0.5) is 5.69 Å². The van der Waals surface area contributed by atoms with Gasteiger partial charge in [0, 0.05) is 35.7 Å². The van der Waals surface area contributed by atoms with Crippen molar-refractivity contribution in [1.29, 1.82) is 0 Å². The first kappa shape index (κ1) is 13.7. The summed E-state index contributed by atoms with van der Waals surface area (Å²) >= 11 is 0. The molecule has 3 rings (SSSR count). The number of aromatic nitrogens is 1. The maximum Gasteiger partial charge on any atom is 0.254 e. The molecule has 0 fully saturated rings. The molecular formula is C17H21N3O. The van der Waals surface area contributed by atoms with Crippen LogP contribution in [0.2, 0.25) is 0 Å². The van der Waals surface area contributed by atoms with Crippen molar-refractivity contribution in [3.8, 4) is 0 Å². The first-order chi connectivity index (χ1) is 9.99. The van der Waals surface area contributed by atoms with E-state index in [1.165, 1.54) is 11.4 Å². The van der Waals surface area contributed by atoms with E-state index in [2.05, 4.69) is 30.5 Å². The fourth-order valence-corrected chi connectivity index (χ4v) is 3.12. The zero-order valence-electron chi connectivity index (χ0n) is 12.8. The number of fused-ring (bicyclic) bond motifs is 1. The smallest absolute Gasteiger partial charge is 0.254 e. The van der Waals surface area contributed by atoms with Gasteiger partial charge in [-0.25, -0.2) is 0 Å². The number of anilines is 1. The van der Waals surface area contributed by atoms with E-state index in [0.29, 0.717) is 11.3 Å². The Hall–Kier alpha value is -2.23. The van der Waals surface area contributed by atoms with Gasteiger partial charge in [0.2, 0.25) is 0 Å². The number of amides is 1. The molecule has 2 aromatic rings. The molecule has 0 spiro atoms. The summed E-state index contributed by atoms with van der Waals surface area (Å²) in [6, 6.07) is 9.84. The normalized spacial score (nSPS) is 17.7. The number of nitrogens with zero attached hydrogens (tertiary/aromatic N) is 2. The Balaban J connectivity index is 1.95. The third-order valence-electron chi connectivity index (χ3n) is 4.45. The van der Waals surface area contributed by atoms with Crippen LogP contribution in [-0.2, 0) is 6.54 Å². The highest BCUT2D eigenvalue weighted by Crippen LogP contribution is 2.29. The summed E-state index contributed by atoms with van der Waals surface area (Å²) in [4.78, 5) is 14.8. The Bertz CT molecular complexity index is 702. The third kappa shape index (κ3) is 2.20. The summed E-state index contributed by atoms with van der Waals surface area (Å²) in [7, 11) is 0. The number of nitrogens with two attached hydrogens (primary N) is 1. The molecule has 110 valence electrons. The molecule has 1 unspecified atom stereocenters. The predicted molar refractivity (Wildman–Crippen MR) is 84.2 cm³/mol. The number of hydrogen-bond donors (Lipinski definition) is 1. The van der Waals surface area contributed by atoms with Crippen molar-refractivity contribution in [2.75, 3.05) is 12.3 Å². The molecule has 1 aromatic carbocycles. The minimum Gasteiger partial charge on any atom is -0.399 e. The number of benzene rings is 1. The van der Waals surface area contributed by atoms with E-state index in [0.717, 1.165) is 18.7 Å². The minimum absolute atomic E-state index is 0.0670. The first-order valence-electron chi connectivity index (χ1n) is 7.32. The van der Waals surface area contributed by atoms with Crippen LogP contribution in [0.15, 0.2) is 30.3 Å². The molecule has 0 saturated heterocycles. The lowest BCUT2D eigenvalue weighted by molar-refractivity contribution is 0.0642. The van der Waals surface area contributed by atoms with Crippen LogP contribution in [0.1, 0.15) is 40.3 Å². The molecule has 1 amide bonds. The van der Waals surface area contributed by atoms with Gasteiger partial charge in [0.1, 0.15) is 0 Å². The molecule has 21 heavy (non-hydrogen) atoms. The van der Waals surface area contributed by atoms with E-state index >= 15 is 0 Å². The fraction of sp³-hybridized carbons (Fsp3) is 0.353. The van der Waals surface area contributed by atoms with Gasteiger partial charge in [0.05, 0.1) is 6.04 Å². The second-order valence-electron chi connectivity index (χ2n) is 5.80. The zero-order valence-corrected chi connectivity index (χ0v) is 12.8. The largest absolute Gasteiger partial charge is 0.399 e. The molecule has 1 atom stereocenters. The molecule has 1 aliphatic rings. The number of carbonyl (C=O) groups is 1. The molecular weight excluding hydrogens is 262 g/mol. The van der Waals surface area contributed by atoms with Crippen molar-refractivity contribution in [3.63, 3.8) is 0 Å². The third-order valence-corrected chi connectivity index (χ3v) is 4.45. The summed E-state index contributed by atoms with van der Waals surface area (Å²) in [5, 5.41) is 0. The minimum atomic E-state index is 0.0670. The van der Waals surface area contributed by atoms with E-state index < -0.39 is 0 Å². The van der Waals surface area contributed by atoms with Gasteiger partial charge < -0.3 is 15.2 Å². The lowest BCUT2D eigenvalue weighted by Crippen LogP contribution is -2.41. The van der Waals surface area contributed by atoms with Crippen molar-refractivity contribution >= 4 is 11.6 Å². The molecule has 0 saturated carbocycles. The van der Waals surface area contributed by atoms with Crippen LogP contribution < -0.4 is 5.73 Å². The van der Waals surface area contributed by atoms with Crippen LogP contribution in [0, 0.1) is 13.8 Å². The molecule has 2 N–H and O–H groups in total. The Labute approximate surface area is 125 Å². The van der Waals surface area contributed by atoms with E-state index in [-0.39, 0.29) is 11.9 Å². The molecule has 1 aliphatic heterocycles. The van der Waals surface area contributed by atoms with Crippen LogP contribution in [0.25, 0.3) is 0 Å². The summed E-state index contributed by atoms with van der Waals surface area (Å²) in [6.07, 6.45) is 0. The Morgan fingerprint density at radius 1 is 1.19 bits per heavy atom. The van der Waals surface area contributed by atoms with Gasteiger partial charge in [-0.05, 0) is 50.6 Å². The standard InChI is InChI=1S/C17H21N3O/c1-11-4-6-14(18)10-15(11)17(21)20-9-8-19-12(2)5-7-16(19)13(20)3/h4-7,10,13H,8-9,18H2,1-3H3. The highest BCUT2D eigenvalue weighted by molar-refractivity contribution is 5.96. The molecule has 0 aliphatic carbocycles. The van der Waals surface area contributed by atoms with Crippen molar-refractivity contribution in [1.82, 2.24) is 9.47 Å². The lowest BCUT2D eigenvalue weighted by atomic mass is 10.0. The van der Waals surface area contributed by atoms with E-state index in [1.807, 2.05) is 24.0 Å². The topological polar surface area (TPSA) is 51.3 Å². The number of rotatable bonds is 1. The average Bonchev–Trinajstić information content (AvgIpc) is 2.84. The Kier molecular flexibility index (Phi) is 3.24. The Morgan fingerprint density at radius 3 is 2.71 bits per heavy atom. The second kappa shape index (κ2) is 4.95. The van der Waals surface area contributed by atoms with E-state index in [1.54, 1.807) is 6.07 Å². The van der Waals surface area contributed by atoms with Gasteiger partial charge in [-0.2, -0.15) is 0 Å². The van der Waals surface area contributed by atoms with Gasteiger partial charge in [-0.3, -0.25) is 4.79 Å². The first-order valence-corrected chi connectivity index (χ1v) is 7.32. The number of hydrogen-bond acceptors (Lipinski definition) is 2. The van der Waals surface area contributed by atoms with Gasteiger partial charge >= 0.3 is 0 Å². The van der Waals surface area contributed by atoms with Gasteiger partial charge in [0.15, 0.2) is 0 Å². The molecule has 1 aromatic heterocycles. The predicted octanol–water partition coefficient (Wildman–Crippen LogP) is 2.90. The van der Waals surface area contributed by atoms with Crippen LogP contribution in [-0.4, -0.2) is 21.9 Å². The maximum absolute atomic E-state index is 12.9. The van der Waals surface area contributed by atoms with E-state index in [9.17, 15) is 4.79 Å². The maximum atomic E-state index is 12.9. The fourth-order valence-electron chi connectivity index (χ4n) is 3.12. The summed E-state index contributed by atoms with van der Waals surface area (Å²) in [6.45, 7) is 7.73. The van der Waals surface area contributed by atoms with Crippen LogP contribution in [0.3, 0.4) is 0 Å². The second-order valence-corrected chi connectivity index (χ2v) is 5.80. The van der Waals surface area contributed by atoms with Gasteiger partial charge in [0.25, 0.3) is 5.91 Å². The number of carbonyl (C=O) groups excluding carboxylic acids is 1. The lowest BCUT2D eigenvalue weighted by Gasteiger charge is -2.35. The molecule has 4 nitrogen and oxygen atoms in total. The Morgan fingerprint density at radius 2 is 1.95 bits per heavy atom. The van der Waals surface area contributed by atoms with Crippen LogP contribution >= 0.6 is 0 Å². The molecule has 0 bridgehead atoms. The molecule has 4 heteroatoms. The SMILES string of the molecule is Cc1ccc(N)cc1C(=O)N1CCn2c(C)ccc2C1C. The summed E-state index contributed by atoms with van der Waals surface area (Å²) in [5.74, 6) is 0.0670. The van der Waals surface area contributed by atoms with Gasteiger partial charge in [-0.15, -0.1) is 0 Å². The van der Waals surface area contributed by atoms with Crippen molar-refractivity contribution < 1.29 is 4.79 Å². The monoisotopic (exact) mass is 283 g/mol. The molecule has 2 heterocycles. The van der Waals surface area contributed by atoms with Crippen LogP contribution in [0.5, 0.6) is 0 Å². The number of nitrogen functional groups attached to an aromatic ring is 1. The van der Waals surface area contributed by atoms with Gasteiger partial charge in [-0.1, -0.05) is 6.07 Å². The highest BCUT2D eigenvalue weighted by Gasteiger charge is 2.29. The zero-order chi connectivity index (χ0) is 15.1. The van der Waals surface area contributed by atoms with Crippen molar-refractivity contribution in [3.05, 3.63) is 52.8 Å². The molecule has 0 radical (unpaired) electrons. The summed E-state index contributed by atoms with van der Waals surface area (Å²) in [5.41, 5.74) is 10.6. The van der Waals surface area contributed by atoms with E-state index in [4.69, 9.17) is 5.73 Å². The number of aryl methyl sites for hydroxylation is 2. The quantitative estimate of drug-likeness (QED) is 0.818. The average molecular weight is 283 g/mol. The van der Waals surface area contributed by atoms with Crippen molar-refractivity contribution in [2.45, 2.75) is 33.4 Å².